The molecular formula is C17H32Cl2N4O3. The second-order valence-corrected chi connectivity index (χ2v) is 7.13. The maximum atomic E-state index is 12.7. The lowest BCUT2D eigenvalue weighted by Gasteiger charge is -2.37. The molecule has 2 N–H and O–H groups in total. The van der Waals surface area contributed by atoms with Crippen LogP contribution in [0.4, 0.5) is 0 Å². The standard InChI is InChI=1S/C17H30N4O3.2ClH/c18-12-14-2-1-3-15(14)17(23)21-6-4-20(5-7-21)16(22)13-19-8-10-24-11-9-19;;/h14-15H,1-13,18H2;2*1H/t14-,15-;;/m1../s1. The van der Waals surface area contributed by atoms with Crippen LogP contribution in [0.2, 0.25) is 0 Å². The quantitative estimate of drug-likeness (QED) is 0.716. The van der Waals surface area contributed by atoms with Crippen molar-refractivity contribution in [2.75, 3.05) is 65.6 Å². The lowest BCUT2D eigenvalue weighted by Crippen LogP contribution is -2.54. The van der Waals surface area contributed by atoms with E-state index in [2.05, 4.69) is 4.90 Å². The molecule has 1 aliphatic carbocycles. The lowest BCUT2D eigenvalue weighted by atomic mass is 9.94. The Hall–Kier alpha value is -0.600. The largest absolute Gasteiger partial charge is 0.379 e. The Labute approximate surface area is 168 Å². The van der Waals surface area contributed by atoms with Crippen LogP contribution in [-0.4, -0.2) is 92.1 Å². The third-order valence-electron chi connectivity index (χ3n) is 5.69. The van der Waals surface area contributed by atoms with Crippen molar-refractivity contribution < 1.29 is 14.3 Å². The Balaban J connectivity index is 0.00000169. The third kappa shape index (κ3) is 5.70. The molecule has 0 spiro atoms. The summed E-state index contributed by atoms with van der Waals surface area (Å²) in [7, 11) is 0. The number of amides is 2. The van der Waals surface area contributed by atoms with Crippen molar-refractivity contribution in [3.63, 3.8) is 0 Å². The van der Waals surface area contributed by atoms with E-state index in [4.69, 9.17) is 10.5 Å². The molecule has 0 aromatic heterocycles. The van der Waals surface area contributed by atoms with Gasteiger partial charge in [0.15, 0.2) is 0 Å². The number of halogens is 2. The molecule has 0 bridgehead atoms. The molecule has 0 aromatic carbocycles. The fraction of sp³-hybridized carbons (Fsp3) is 0.882. The minimum atomic E-state index is 0. The highest BCUT2D eigenvalue weighted by Gasteiger charge is 2.36. The van der Waals surface area contributed by atoms with E-state index in [0.29, 0.717) is 58.4 Å². The SMILES string of the molecule is Cl.Cl.NC[C@H]1CCC[C@H]1C(=O)N1CCN(C(=O)CN2CCOCC2)CC1. The molecule has 3 fully saturated rings. The molecule has 2 saturated heterocycles. The predicted molar refractivity (Wildman–Crippen MR) is 105 cm³/mol. The first-order valence-electron chi connectivity index (χ1n) is 9.25. The van der Waals surface area contributed by atoms with Gasteiger partial charge in [-0.05, 0) is 25.3 Å². The smallest absolute Gasteiger partial charge is 0.236 e. The van der Waals surface area contributed by atoms with Gasteiger partial charge in [0, 0.05) is 45.2 Å². The van der Waals surface area contributed by atoms with Crippen molar-refractivity contribution in [2.45, 2.75) is 19.3 Å². The van der Waals surface area contributed by atoms with E-state index in [1.807, 2.05) is 9.80 Å². The molecule has 26 heavy (non-hydrogen) atoms. The molecule has 0 radical (unpaired) electrons. The summed E-state index contributed by atoms with van der Waals surface area (Å²) in [5.74, 6) is 0.872. The number of piperazine rings is 1. The zero-order valence-corrected chi connectivity index (χ0v) is 16.9. The number of morpholine rings is 1. The molecule has 152 valence electrons. The Bertz CT molecular complexity index is 455. The second kappa shape index (κ2) is 11.3. The molecular weight excluding hydrogens is 379 g/mol. The van der Waals surface area contributed by atoms with Crippen LogP contribution in [0, 0.1) is 11.8 Å². The minimum absolute atomic E-state index is 0. The summed E-state index contributed by atoms with van der Waals surface area (Å²) >= 11 is 0. The summed E-state index contributed by atoms with van der Waals surface area (Å²) in [4.78, 5) is 31.1. The van der Waals surface area contributed by atoms with Crippen LogP contribution in [0.5, 0.6) is 0 Å². The summed E-state index contributed by atoms with van der Waals surface area (Å²) in [6.45, 7) is 6.74. The van der Waals surface area contributed by atoms with Crippen molar-refractivity contribution in [1.82, 2.24) is 14.7 Å². The van der Waals surface area contributed by atoms with Crippen molar-refractivity contribution in [3.05, 3.63) is 0 Å². The van der Waals surface area contributed by atoms with E-state index in [1.165, 1.54) is 0 Å². The van der Waals surface area contributed by atoms with Gasteiger partial charge in [0.05, 0.1) is 19.8 Å². The van der Waals surface area contributed by atoms with Gasteiger partial charge < -0.3 is 20.3 Å². The molecule has 2 amide bonds. The summed E-state index contributed by atoms with van der Waals surface area (Å²) < 4.78 is 5.31. The van der Waals surface area contributed by atoms with Crippen LogP contribution < -0.4 is 5.73 Å². The molecule has 1 saturated carbocycles. The first-order chi connectivity index (χ1) is 11.7. The van der Waals surface area contributed by atoms with Crippen LogP contribution >= 0.6 is 24.8 Å². The maximum Gasteiger partial charge on any atom is 0.236 e. The van der Waals surface area contributed by atoms with E-state index < -0.39 is 0 Å². The Morgan fingerprint density at radius 1 is 0.923 bits per heavy atom. The van der Waals surface area contributed by atoms with E-state index in [-0.39, 0.29) is 42.5 Å². The number of carbonyl (C=O) groups is 2. The Morgan fingerprint density at radius 2 is 1.54 bits per heavy atom. The average molecular weight is 411 g/mol. The predicted octanol–water partition coefficient (Wildman–Crippen LogP) is 0.208. The number of nitrogens with two attached hydrogens (primary N) is 1. The van der Waals surface area contributed by atoms with Gasteiger partial charge in [-0.3, -0.25) is 14.5 Å². The number of rotatable bonds is 4. The molecule has 9 heteroatoms. The Morgan fingerprint density at radius 3 is 2.15 bits per heavy atom. The molecule has 0 unspecified atom stereocenters. The molecule has 7 nitrogen and oxygen atoms in total. The number of hydrogen-bond acceptors (Lipinski definition) is 5. The Kier molecular flexibility index (Phi) is 10.2. The van der Waals surface area contributed by atoms with Crippen molar-refractivity contribution in [2.24, 2.45) is 17.6 Å². The van der Waals surface area contributed by atoms with Gasteiger partial charge in [0.1, 0.15) is 0 Å². The number of ether oxygens (including phenoxy) is 1. The molecule has 3 rings (SSSR count). The number of carbonyl (C=O) groups excluding carboxylic acids is 2. The van der Waals surface area contributed by atoms with Gasteiger partial charge in [-0.1, -0.05) is 6.42 Å². The van der Waals surface area contributed by atoms with Crippen molar-refractivity contribution >= 4 is 36.6 Å². The molecule has 2 aliphatic heterocycles. The minimum Gasteiger partial charge on any atom is -0.379 e. The van der Waals surface area contributed by atoms with E-state index in [9.17, 15) is 9.59 Å². The second-order valence-electron chi connectivity index (χ2n) is 7.13. The van der Waals surface area contributed by atoms with E-state index in [0.717, 1.165) is 32.4 Å². The normalized spacial score (nSPS) is 26.8. The van der Waals surface area contributed by atoms with E-state index >= 15 is 0 Å². The molecule has 0 aromatic rings. The van der Waals surface area contributed by atoms with Crippen molar-refractivity contribution in [3.8, 4) is 0 Å². The van der Waals surface area contributed by atoms with Gasteiger partial charge in [0.25, 0.3) is 0 Å². The summed E-state index contributed by atoms with van der Waals surface area (Å²) in [6.07, 6.45) is 3.15. The van der Waals surface area contributed by atoms with Crippen LogP contribution in [0.1, 0.15) is 19.3 Å². The number of hydrogen-bond donors (Lipinski definition) is 1. The van der Waals surface area contributed by atoms with Gasteiger partial charge in [-0.25, -0.2) is 0 Å². The topological polar surface area (TPSA) is 79.1 Å². The van der Waals surface area contributed by atoms with Crippen molar-refractivity contribution in [1.29, 1.82) is 0 Å². The lowest BCUT2D eigenvalue weighted by molar-refractivity contribution is -0.143. The highest BCUT2D eigenvalue weighted by Crippen LogP contribution is 2.32. The first kappa shape index (κ1) is 23.4. The first-order valence-corrected chi connectivity index (χ1v) is 9.25. The summed E-state index contributed by atoms with van der Waals surface area (Å²) in [5.41, 5.74) is 5.81. The maximum absolute atomic E-state index is 12.7. The van der Waals surface area contributed by atoms with Crippen LogP contribution in [0.15, 0.2) is 0 Å². The van der Waals surface area contributed by atoms with Gasteiger partial charge in [0.2, 0.25) is 11.8 Å². The van der Waals surface area contributed by atoms with Gasteiger partial charge in [-0.2, -0.15) is 0 Å². The number of nitrogens with zero attached hydrogens (tertiary/aromatic N) is 3. The monoisotopic (exact) mass is 410 g/mol. The van der Waals surface area contributed by atoms with Gasteiger partial charge in [-0.15, -0.1) is 24.8 Å². The molecule has 3 aliphatic rings. The summed E-state index contributed by atoms with van der Waals surface area (Å²) in [6, 6.07) is 0. The average Bonchev–Trinajstić information content (AvgIpc) is 3.11. The third-order valence-corrected chi connectivity index (χ3v) is 5.69. The fourth-order valence-electron chi connectivity index (χ4n) is 4.11. The highest BCUT2D eigenvalue weighted by molar-refractivity contribution is 5.85. The van der Waals surface area contributed by atoms with Crippen LogP contribution in [-0.2, 0) is 14.3 Å². The highest BCUT2D eigenvalue weighted by atomic mass is 35.5. The zero-order valence-electron chi connectivity index (χ0n) is 15.3. The van der Waals surface area contributed by atoms with E-state index in [1.54, 1.807) is 0 Å². The van der Waals surface area contributed by atoms with Gasteiger partial charge >= 0.3 is 0 Å². The van der Waals surface area contributed by atoms with Crippen LogP contribution in [0.25, 0.3) is 0 Å². The molecule has 2 heterocycles. The van der Waals surface area contributed by atoms with Crippen LogP contribution in [0.3, 0.4) is 0 Å². The summed E-state index contributed by atoms with van der Waals surface area (Å²) in [5, 5.41) is 0. The zero-order chi connectivity index (χ0) is 16.9. The molecule has 2 atom stereocenters. The fourth-order valence-corrected chi connectivity index (χ4v) is 4.11.